The van der Waals surface area contributed by atoms with E-state index in [9.17, 15) is 17.6 Å². The van der Waals surface area contributed by atoms with Crippen LogP contribution in [-0.4, -0.2) is 29.1 Å². The Labute approximate surface area is 167 Å². The second-order valence-electron chi connectivity index (χ2n) is 5.80. The molecular weight excluding hydrogens is 423 g/mol. The highest BCUT2D eigenvalue weighted by atomic mass is 35.5. The van der Waals surface area contributed by atoms with Crippen LogP contribution < -0.4 is 0 Å². The third-order valence-corrected chi connectivity index (χ3v) is 4.20. The summed E-state index contributed by atoms with van der Waals surface area (Å²) in [6.07, 6.45) is -3.78. The van der Waals surface area contributed by atoms with Crippen LogP contribution in [-0.2, 0) is 11.3 Å². The van der Waals surface area contributed by atoms with Crippen LogP contribution in [0.15, 0.2) is 47.0 Å². The third kappa shape index (κ3) is 4.81. The lowest BCUT2D eigenvalue weighted by Gasteiger charge is -2.15. The summed E-state index contributed by atoms with van der Waals surface area (Å²) in [5.74, 6) is -3.78. The lowest BCUT2D eigenvalue weighted by atomic mass is 10.1. The molecule has 0 spiro atoms. The molecule has 148 valence electrons. The highest BCUT2D eigenvalue weighted by molar-refractivity contribution is 6.36. The smallest absolute Gasteiger partial charge is 0.330 e. The zero-order valence-corrected chi connectivity index (χ0v) is 15.5. The van der Waals surface area contributed by atoms with Gasteiger partial charge in [0.05, 0.1) is 11.6 Å². The van der Waals surface area contributed by atoms with E-state index in [1.165, 1.54) is 0 Å². The van der Waals surface area contributed by atoms with Crippen LogP contribution in [0.4, 0.5) is 17.6 Å². The molecule has 0 fully saturated rings. The van der Waals surface area contributed by atoms with Gasteiger partial charge in [-0.3, -0.25) is 0 Å². The summed E-state index contributed by atoms with van der Waals surface area (Å²) in [6, 6.07) is 11.3. The number of halogens is 6. The molecule has 4 nitrogen and oxygen atoms in total. The maximum atomic E-state index is 12.9. The second kappa shape index (κ2) is 8.46. The van der Waals surface area contributed by atoms with Gasteiger partial charge in [0, 0.05) is 16.1 Å². The van der Waals surface area contributed by atoms with E-state index >= 15 is 0 Å². The number of hydrogen-bond acceptors (Lipinski definition) is 4. The van der Waals surface area contributed by atoms with Crippen LogP contribution in [0.1, 0.15) is 5.56 Å². The Morgan fingerprint density at radius 2 is 1.89 bits per heavy atom. The van der Waals surface area contributed by atoms with Crippen LogP contribution >= 0.6 is 23.2 Å². The predicted molar refractivity (Wildman–Crippen MR) is 95.8 cm³/mol. The van der Waals surface area contributed by atoms with Gasteiger partial charge in [-0.2, -0.15) is 13.8 Å². The van der Waals surface area contributed by atoms with Crippen molar-refractivity contribution in [3.8, 4) is 22.8 Å². The van der Waals surface area contributed by atoms with Gasteiger partial charge in [0.2, 0.25) is 5.82 Å². The Kier molecular flexibility index (Phi) is 6.22. The predicted octanol–water partition coefficient (Wildman–Crippen LogP) is 6.13. The molecule has 0 saturated carbocycles. The normalized spacial score (nSPS) is 12.0. The van der Waals surface area contributed by atoms with Crippen LogP contribution in [0, 0.1) is 0 Å². The van der Waals surface area contributed by atoms with E-state index in [2.05, 4.69) is 10.1 Å². The van der Waals surface area contributed by atoms with E-state index in [0.717, 1.165) is 0 Å². The standard InChI is InChI=1S/C18H12Cl2F4N2O2/c19-12-4-5-13(14(20)7-12)15-25-16(28-26-15)11-3-1-2-10(6-11)8-27-9-18(23,24)17(21)22/h1-7,17H,8-9H2. The van der Waals surface area contributed by atoms with Gasteiger partial charge >= 0.3 is 12.3 Å². The maximum Gasteiger partial charge on any atom is 0.330 e. The second-order valence-corrected chi connectivity index (χ2v) is 6.65. The van der Waals surface area contributed by atoms with Crippen molar-refractivity contribution in [2.75, 3.05) is 6.61 Å². The summed E-state index contributed by atoms with van der Waals surface area (Å²) in [7, 11) is 0. The lowest BCUT2D eigenvalue weighted by molar-refractivity contribution is -0.168. The van der Waals surface area contributed by atoms with Crippen LogP contribution in [0.2, 0.25) is 10.0 Å². The molecule has 10 heteroatoms. The van der Waals surface area contributed by atoms with E-state index in [0.29, 0.717) is 26.7 Å². The van der Waals surface area contributed by atoms with Crippen molar-refractivity contribution < 1.29 is 26.8 Å². The molecule has 0 bridgehead atoms. The number of benzene rings is 2. The first-order valence-corrected chi connectivity index (χ1v) is 8.64. The Bertz CT molecular complexity index is 966. The summed E-state index contributed by atoms with van der Waals surface area (Å²) < 4.78 is 60.0. The average Bonchev–Trinajstić information content (AvgIpc) is 3.11. The lowest BCUT2D eigenvalue weighted by Crippen LogP contribution is -2.32. The van der Waals surface area contributed by atoms with E-state index in [4.69, 9.17) is 32.5 Å². The first-order valence-electron chi connectivity index (χ1n) is 7.88. The molecule has 3 aromatic rings. The van der Waals surface area contributed by atoms with Gasteiger partial charge in [0.1, 0.15) is 6.61 Å². The average molecular weight is 435 g/mol. The molecular formula is C18H12Cl2F4N2O2. The van der Waals surface area contributed by atoms with Crippen molar-refractivity contribution >= 4 is 23.2 Å². The fourth-order valence-corrected chi connectivity index (χ4v) is 2.78. The van der Waals surface area contributed by atoms with Gasteiger partial charge in [0.15, 0.2) is 0 Å². The van der Waals surface area contributed by atoms with E-state index in [1.54, 1.807) is 42.5 Å². The highest BCUT2D eigenvalue weighted by Crippen LogP contribution is 2.30. The van der Waals surface area contributed by atoms with Gasteiger partial charge in [-0.15, -0.1) is 0 Å². The van der Waals surface area contributed by atoms with Gasteiger partial charge in [0.25, 0.3) is 5.89 Å². The van der Waals surface area contributed by atoms with Gasteiger partial charge in [-0.05, 0) is 35.9 Å². The topological polar surface area (TPSA) is 48.2 Å². The van der Waals surface area contributed by atoms with E-state index in [1.807, 2.05) is 0 Å². The van der Waals surface area contributed by atoms with Crippen molar-refractivity contribution in [1.29, 1.82) is 0 Å². The number of aromatic nitrogens is 2. The molecule has 0 aliphatic carbocycles. The fraction of sp³-hybridized carbons (Fsp3) is 0.222. The Morgan fingerprint density at radius 1 is 1.11 bits per heavy atom. The minimum Gasteiger partial charge on any atom is -0.370 e. The summed E-state index contributed by atoms with van der Waals surface area (Å²) >= 11 is 12.0. The van der Waals surface area contributed by atoms with Gasteiger partial charge in [-0.1, -0.05) is 40.5 Å². The first kappa shape index (κ1) is 20.6. The number of hydrogen-bond donors (Lipinski definition) is 0. The summed E-state index contributed by atoms with van der Waals surface area (Å²) in [5, 5.41) is 4.68. The van der Waals surface area contributed by atoms with Crippen LogP contribution in [0.25, 0.3) is 22.8 Å². The number of ether oxygens (including phenoxy) is 1. The Hall–Kier alpha value is -2.16. The van der Waals surface area contributed by atoms with Crippen molar-refractivity contribution in [3.63, 3.8) is 0 Å². The molecule has 0 aliphatic rings. The SMILES string of the molecule is FC(F)C(F)(F)COCc1cccc(-c2nc(-c3ccc(Cl)cc3Cl)no2)c1. The minimum absolute atomic E-state index is 0.167. The van der Waals surface area contributed by atoms with Crippen molar-refractivity contribution in [2.24, 2.45) is 0 Å². The largest absolute Gasteiger partial charge is 0.370 e. The zero-order valence-electron chi connectivity index (χ0n) is 14.0. The van der Waals surface area contributed by atoms with Crippen LogP contribution in [0.3, 0.4) is 0 Å². The van der Waals surface area contributed by atoms with Gasteiger partial charge in [-0.25, -0.2) is 8.78 Å². The monoisotopic (exact) mass is 434 g/mol. The molecule has 0 N–H and O–H groups in total. The summed E-state index contributed by atoms with van der Waals surface area (Å²) in [5.41, 5.74) is 1.51. The molecule has 28 heavy (non-hydrogen) atoms. The molecule has 0 aliphatic heterocycles. The molecule has 0 atom stereocenters. The molecule has 1 aromatic heterocycles. The number of nitrogens with zero attached hydrogens (tertiary/aromatic N) is 2. The first-order chi connectivity index (χ1) is 13.3. The Morgan fingerprint density at radius 3 is 2.61 bits per heavy atom. The van der Waals surface area contributed by atoms with Crippen LogP contribution in [0.5, 0.6) is 0 Å². The van der Waals surface area contributed by atoms with Gasteiger partial charge < -0.3 is 9.26 Å². The number of alkyl halides is 4. The van der Waals surface area contributed by atoms with E-state index < -0.39 is 19.0 Å². The van der Waals surface area contributed by atoms with Crippen molar-refractivity contribution in [3.05, 3.63) is 58.1 Å². The summed E-state index contributed by atoms with van der Waals surface area (Å²) in [4.78, 5) is 4.26. The third-order valence-electron chi connectivity index (χ3n) is 3.65. The molecule has 2 aromatic carbocycles. The molecule has 0 saturated heterocycles. The fourth-order valence-electron chi connectivity index (χ4n) is 2.28. The maximum absolute atomic E-state index is 12.9. The zero-order chi connectivity index (χ0) is 20.3. The molecule has 0 amide bonds. The van der Waals surface area contributed by atoms with Crippen molar-refractivity contribution in [2.45, 2.75) is 19.0 Å². The molecule has 1 heterocycles. The highest BCUT2D eigenvalue weighted by Gasteiger charge is 2.40. The quantitative estimate of drug-likeness (QED) is 0.419. The molecule has 0 radical (unpaired) electrons. The van der Waals surface area contributed by atoms with Crippen molar-refractivity contribution in [1.82, 2.24) is 10.1 Å². The van der Waals surface area contributed by atoms with E-state index in [-0.39, 0.29) is 18.3 Å². The molecule has 3 rings (SSSR count). The Balaban J connectivity index is 1.73. The number of rotatable bonds is 7. The minimum atomic E-state index is -4.20. The molecule has 0 unspecified atom stereocenters. The summed E-state index contributed by atoms with van der Waals surface area (Å²) in [6.45, 7) is -1.66.